The van der Waals surface area contributed by atoms with Crippen molar-refractivity contribution < 1.29 is 26.5 Å². The van der Waals surface area contributed by atoms with Gasteiger partial charge in [0.2, 0.25) is 6.10 Å². The van der Waals surface area contributed by atoms with Crippen LogP contribution in [0.3, 0.4) is 0 Å². The molecule has 1 aliphatic rings. The minimum Gasteiger partial charge on any atom is -0.464 e. The van der Waals surface area contributed by atoms with E-state index in [4.69, 9.17) is 13.1 Å². The minimum absolute atomic E-state index is 0.160. The van der Waals surface area contributed by atoms with Crippen LogP contribution in [0.1, 0.15) is 97.3 Å². The topological polar surface area (TPSA) is 61.8 Å². The van der Waals surface area contributed by atoms with Gasteiger partial charge in [-0.3, -0.25) is 8.37 Å². The van der Waals surface area contributed by atoms with E-state index in [2.05, 4.69) is 6.92 Å². The van der Waals surface area contributed by atoms with E-state index in [0.29, 0.717) is 0 Å². The van der Waals surface area contributed by atoms with Gasteiger partial charge in [0.1, 0.15) is 12.3 Å². The molecule has 1 unspecified atom stereocenters. The smallest absolute Gasteiger partial charge is 0.339 e. The number of rotatable bonds is 16. The summed E-state index contributed by atoms with van der Waals surface area (Å²) in [7, 11) is 0. The van der Waals surface area contributed by atoms with Crippen molar-refractivity contribution in [2.45, 2.75) is 116 Å². The summed E-state index contributed by atoms with van der Waals surface area (Å²) in [5.74, 6) is -0.717. The van der Waals surface area contributed by atoms with E-state index >= 15 is 0 Å². The van der Waals surface area contributed by atoms with Crippen LogP contribution in [-0.2, 0) is 29.3 Å². The zero-order valence-corrected chi connectivity index (χ0v) is 17.8. The molecule has 0 spiro atoms. The van der Waals surface area contributed by atoms with Crippen LogP contribution < -0.4 is 0 Å². The molecule has 1 heterocycles. The van der Waals surface area contributed by atoms with Crippen LogP contribution in [0.15, 0.2) is 0 Å². The number of esters is 1. The van der Waals surface area contributed by atoms with E-state index in [1.54, 1.807) is 6.92 Å². The van der Waals surface area contributed by atoms with Crippen LogP contribution in [-0.4, -0.2) is 35.2 Å². The molecule has 5 nitrogen and oxygen atoms in total. The summed E-state index contributed by atoms with van der Waals surface area (Å²) >= 11 is -2.09. The molecule has 0 amide bonds. The summed E-state index contributed by atoms with van der Waals surface area (Å²) in [6.45, 7) is 4.05. The largest absolute Gasteiger partial charge is 0.464 e. The quantitative estimate of drug-likeness (QED) is 0.255. The lowest BCUT2D eigenvalue weighted by Crippen LogP contribution is -2.39. The van der Waals surface area contributed by atoms with Gasteiger partial charge in [-0.15, -0.1) is 0 Å². The Bertz CT molecular complexity index is 421. The summed E-state index contributed by atoms with van der Waals surface area (Å²) < 4.78 is 40.4. The van der Waals surface area contributed by atoms with E-state index in [0.717, 1.165) is 19.3 Å². The van der Waals surface area contributed by atoms with Crippen molar-refractivity contribution in [3.05, 3.63) is 0 Å². The Hall–Kier alpha value is -0.530. The van der Waals surface area contributed by atoms with Gasteiger partial charge in [-0.05, 0) is 13.3 Å². The fourth-order valence-corrected chi connectivity index (χ4v) is 4.10. The van der Waals surface area contributed by atoms with Gasteiger partial charge in [-0.25, -0.2) is 9.18 Å². The fraction of sp³-hybridized carbons (Fsp3) is 0.950. The van der Waals surface area contributed by atoms with E-state index in [1.165, 1.54) is 57.8 Å². The van der Waals surface area contributed by atoms with Crippen LogP contribution >= 0.6 is 0 Å². The Morgan fingerprint density at radius 1 is 0.926 bits per heavy atom. The van der Waals surface area contributed by atoms with Crippen molar-refractivity contribution in [2.75, 3.05) is 6.61 Å². The standard InChI is InChI=1S/C20H37FO5S/c1-3-5-6-7-8-9-10-11-12-13-14-15-16-17(21)18-19(20(22)24-4-2)26-27(23)25-18/h17-19H,3-16H2,1-2H3/t17-,18-,19+,27?/m0/s1. The summed E-state index contributed by atoms with van der Waals surface area (Å²) in [4.78, 5) is 11.8. The van der Waals surface area contributed by atoms with Gasteiger partial charge in [0.15, 0.2) is 0 Å². The average molecular weight is 409 g/mol. The Morgan fingerprint density at radius 3 is 1.96 bits per heavy atom. The molecule has 0 aromatic heterocycles. The van der Waals surface area contributed by atoms with E-state index in [9.17, 15) is 13.4 Å². The average Bonchev–Trinajstić information content (AvgIpc) is 3.04. The Morgan fingerprint density at radius 2 is 1.44 bits per heavy atom. The number of halogens is 1. The first-order chi connectivity index (χ1) is 13.1. The predicted molar refractivity (Wildman–Crippen MR) is 105 cm³/mol. The molecular formula is C20H37FO5S. The highest BCUT2D eigenvalue weighted by Gasteiger charge is 2.46. The minimum atomic E-state index is -2.09. The summed E-state index contributed by atoms with van der Waals surface area (Å²) in [5, 5.41) is 0. The van der Waals surface area contributed by atoms with Gasteiger partial charge in [0, 0.05) is 0 Å². The van der Waals surface area contributed by atoms with Crippen molar-refractivity contribution in [3.8, 4) is 0 Å². The second-order valence-electron chi connectivity index (χ2n) is 7.23. The molecular weight excluding hydrogens is 371 g/mol. The zero-order valence-electron chi connectivity index (χ0n) is 17.0. The van der Waals surface area contributed by atoms with Crippen molar-refractivity contribution in [1.29, 1.82) is 0 Å². The van der Waals surface area contributed by atoms with Crippen LogP contribution in [0.2, 0.25) is 0 Å². The molecule has 0 saturated carbocycles. The number of hydrogen-bond acceptors (Lipinski definition) is 5. The third-order valence-corrected chi connectivity index (χ3v) is 5.62. The molecule has 0 aromatic carbocycles. The first-order valence-electron chi connectivity index (χ1n) is 10.7. The third-order valence-electron chi connectivity index (χ3n) is 4.88. The lowest BCUT2D eigenvalue weighted by Gasteiger charge is -2.17. The molecule has 4 atom stereocenters. The number of ether oxygens (including phenoxy) is 1. The molecule has 1 rings (SSSR count). The summed E-state index contributed by atoms with van der Waals surface area (Å²) in [5.41, 5.74) is 0. The number of carbonyl (C=O) groups is 1. The fourth-order valence-electron chi connectivity index (χ4n) is 3.30. The first-order valence-corrected chi connectivity index (χ1v) is 11.7. The number of hydrogen-bond donors (Lipinski definition) is 0. The second-order valence-corrected chi connectivity index (χ2v) is 8.02. The Kier molecular flexibility index (Phi) is 14.0. The first kappa shape index (κ1) is 24.5. The van der Waals surface area contributed by atoms with E-state index in [-0.39, 0.29) is 13.0 Å². The van der Waals surface area contributed by atoms with Crippen LogP contribution in [0.4, 0.5) is 4.39 Å². The molecule has 1 aliphatic heterocycles. The monoisotopic (exact) mass is 408 g/mol. The summed E-state index contributed by atoms with van der Waals surface area (Å²) in [6, 6.07) is 0. The SMILES string of the molecule is CCCCCCCCCCCCCC[C@H](F)[C@@H]1OS(=O)O[C@H]1C(=O)OCC. The van der Waals surface area contributed by atoms with Gasteiger partial charge in [-0.2, -0.15) is 4.21 Å². The zero-order chi connectivity index (χ0) is 19.9. The third kappa shape index (κ3) is 10.5. The molecule has 27 heavy (non-hydrogen) atoms. The lowest BCUT2D eigenvalue weighted by atomic mass is 10.0. The molecule has 1 saturated heterocycles. The molecule has 1 fully saturated rings. The van der Waals surface area contributed by atoms with Crippen molar-refractivity contribution in [3.63, 3.8) is 0 Å². The molecule has 7 heteroatoms. The molecule has 160 valence electrons. The number of alkyl halides is 1. The molecule has 0 aromatic rings. The normalized spacial score (nSPS) is 23.4. The predicted octanol–water partition coefficient (Wildman–Crippen LogP) is 5.34. The van der Waals surface area contributed by atoms with Crippen LogP contribution in [0.5, 0.6) is 0 Å². The lowest BCUT2D eigenvalue weighted by molar-refractivity contribution is -0.153. The van der Waals surface area contributed by atoms with Crippen molar-refractivity contribution >= 4 is 17.3 Å². The Balaban J connectivity index is 2.05. The van der Waals surface area contributed by atoms with Crippen LogP contribution in [0.25, 0.3) is 0 Å². The number of carbonyl (C=O) groups excluding carboxylic acids is 1. The van der Waals surface area contributed by atoms with Gasteiger partial charge >= 0.3 is 17.3 Å². The van der Waals surface area contributed by atoms with Gasteiger partial charge in [0.05, 0.1) is 6.61 Å². The van der Waals surface area contributed by atoms with Gasteiger partial charge in [-0.1, -0.05) is 84.0 Å². The van der Waals surface area contributed by atoms with Gasteiger partial charge in [0.25, 0.3) is 0 Å². The Labute approximate surface area is 166 Å². The highest BCUT2D eigenvalue weighted by molar-refractivity contribution is 7.75. The van der Waals surface area contributed by atoms with E-state index in [1.807, 2.05) is 0 Å². The van der Waals surface area contributed by atoms with Crippen molar-refractivity contribution in [2.24, 2.45) is 0 Å². The highest BCUT2D eigenvalue weighted by Crippen LogP contribution is 2.26. The number of unbranched alkanes of at least 4 members (excludes halogenated alkanes) is 11. The maximum Gasteiger partial charge on any atom is 0.339 e. The van der Waals surface area contributed by atoms with Crippen molar-refractivity contribution in [1.82, 2.24) is 0 Å². The highest BCUT2D eigenvalue weighted by atomic mass is 32.2. The molecule has 0 bridgehead atoms. The maximum atomic E-state index is 14.4. The maximum absolute atomic E-state index is 14.4. The van der Waals surface area contributed by atoms with Gasteiger partial charge < -0.3 is 4.74 Å². The molecule has 0 N–H and O–H groups in total. The van der Waals surface area contributed by atoms with Crippen LogP contribution in [0, 0.1) is 0 Å². The second kappa shape index (κ2) is 15.4. The molecule has 0 radical (unpaired) electrons. The van der Waals surface area contributed by atoms with E-state index < -0.39 is 35.7 Å². The summed E-state index contributed by atoms with van der Waals surface area (Å²) in [6.07, 6.45) is 11.0. The molecule has 0 aliphatic carbocycles.